The third-order valence-electron chi connectivity index (χ3n) is 3.40. The van der Waals surface area contributed by atoms with Crippen LogP contribution in [0, 0.1) is 0 Å². The van der Waals surface area contributed by atoms with Crippen LogP contribution in [0.3, 0.4) is 0 Å². The zero-order valence-corrected chi connectivity index (χ0v) is 11.9. The minimum atomic E-state index is -1.01. The monoisotopic (exact) mass is 273 g/mol. The summed E-state index contributed by atoms with van der Waals surface area (Å²) in [6, 6.07) is 9.47. The number of carboxylic acids is 1. The molecule has 0 aliphatic carbocycles. The van der Waals surface area contributed by atoms with Crippen LogP contribution < -0.4 is 5.32 Å². The second-order valence-corrected chi connectivity index (χ2v) is 5.07. The van der Waals surface area contributed by atoms with Gasteiger partial charge in [-0.1, -0.05) is 18.2 Å². The lowest BCUT2D eigenvalue weighted by molar-refractivity contribution is 0.0691. The van der Waals surface area contributed by atoms with Gasteiger partial charge in [0.2, 0.25) is 0 Å². The fourth-order valence-corrected chi connectivity index (χ4v) is 1.87. The largest absolute Gasteiger partial charge is 0.477 e. The summed E-state index contributed by atoms with van der Waals surface area (Å²) in [6.07, 6.45) is 0. The van der Waals surface area contributed by atoms with Crippen LogP contribution in [-0.4, -0.2) is 47.6 Å². The summed E-state index contributed by atoms with van der Waals surface area (Å²) in [6.45, 7) is 2.84. The number of anilines is 1. The van der Waals surface area contributed by atoms with Crippen molar-refractivity contribution in [3.63, 3.8) is 0 Å². The number of fused-ring (bicyclic) bond motifs is 1. The molecule has 0 spiro atoms. The molecule has 0 saturated carbocycles. The van der Waals surface area contributed by atoms with Gasteiger partial charge in [0.25, 0.3) is 0 Å². The Hall–Kier alpha value is -2.14. The number of aromatic nitrogens is 1. The van der Waals surface area contributed by atoms with Crippen LogP contribution in [0.1, 0.15) is 17.4 Å². The highest BCUT2D eigenvalue weighted by atomic mass is 16.4. The summed E-state index contributed by atoms with van der Waals surface area (Å²) in [7, 11) is 4.03. The number of nitrogens with one attached hydrogen (secondary N) is 1. The molecule has 5 nitrogen and oxygen atoms in total. The Balaban J connectivity index is 2.37. The van der Waals surface area contributed by atoms with Crippen LogP contribution in [0.2, 0.25) is 0 Å². The van der Waals surface area contributed by atoms with Gasteiger partial charge in [-0.05, 0) is 33.2 Å². The minimum absolute atomic E-state index is 0.0590. The predicted molar refractivity (Wildman–Crippen MR) is 80.3 cm³/mol. The Morgan fingerprint density at radius 1 is 1.40 bits per heavy atom. The predicted octanol–water partition coefficient (Wildman–Crippen LogP) is 2.29. The van der Waals surface area contributed by atoms with Crippen LogP contribution in [0.4, 0.5) is 5.69 Å². The first-order valence-electron chi connectivity index (χ1n) is 6.52. The van der Waals surface area contributed by atoms with E-state index in [1.165, 1.54) is 0 Å². The molecule has 1 unspecified atom stereocenters. The van der Waals surface area contributed by atoms with E-state index in [9.17, 15) is 4.79 Å². The minimum Gasteiger partial charge on any atom is -0.477 e. The number of aromatic carboxylic acids is 1. The van der Waals surface area contributed by atoms with Crippen molar-refractivity contribution in [2.75, 3.05) is 26.0 Å². The molecule has 1 aromatic heterocycles. The zero-order valence-electron chi connectivity index (χ0n) is 11.9. The van der Waals surface area contributed by atoms with Crippen LogP contribution in [0.15, 0.2) is 30.3 Å². The van der Waals surface area contributed by atoms with E-state index in [0.717, 1.165) is 17.6 Å². The third kappa shape index (κ3) is 3.05. The molecule has 106 valence electrons. The Bertz CT molecular complexity index is 626. The summed E-state index contributed by atoms with van der Waals surface area (Å²) in [4.78, 5) is 17.4. The standard InChI is InChI=1S/C15H19N3O2/c1-10(18(2)3)9-16-13-8-14(15(19)20)17-12-7-5-4-6-11(12)13/h4-8,10H,9H2,1-3H3,(H,16,17)(H,19,20). The lowest BCUT2D eigenvalue weighted by atomic mass is 10.1. The van der Waals surface area contributed by atoms with Crippen molar-refractivity contribution in [1.82, 2.24) is 9.88 Å². The average molecular weight is 273 g/mol. The number of carboxylic acid groups (broad SMARTS) is 1. The Labute approximate surface area is 118 Å². The normalized spacial score (nSPS) is 12.6. The number of pyridine rings is 1. The van der Waals surface area contributed by atoms with Crippen LogP contribution >= 0.6 is 0 Å². The number of hydrogen-bond acceptors (Lipinski definition) is 4. The highest BCUT2D eigenvalue weighted by molar-refractivity contribution is 5.97. The van der Waals surface area contributed by atoms with Crippen molar-refractivity contribution in [3.8, 4) is 0 Å². The third-order valence-corrected chi connectivity index (χ3v) is 3.40. The molecule has 0 fully saturated rings. The van der Waals surface area contributed by atoms with Crippen LogP contribution in [-0.2, 0) is 0 Å². The molecule has 2 aromatic rings. The van der Waals surface area contributed by atoms with E-state index in [0.29, 0.717) is 11.6 Å². The lowest BCUT2D eigenvalue weighted by Crippen LogP contribution is -2.31. The molecule has 1 atom stereocenters. The van der Waals surface area contributed by atoms with Crippen LogP contribution in [0.25, 0.3) is 10.9 Å². The van der Waals surface area contributed by atoms with Gasteiger partial charge in [0.15, 0.2) is 5.69 Å². The first-order valence-corrected chi connectivity index (χ1v) is 6.52. The van der Waals surface area contributed by atoms with E-state index in [1.807, 2.05) is 38.4 Å². The Morgan fingerprint density at radius 3 is 2.75 bits per heavy atom. The van der Waals surface area contributed by atoms with E-state index in [4.69, 9.17) is 5.11 Å². The number of para-hydroxylation sites is 1. The molecular weight excluding hydrogens is 254 g/mol. The fraction of sp³-hybridized carbons (Fsp3) is 0.333. The molecule has 0 radical (unpaired) electrons. The number of carbonyl (C=O) groups is 1. The molecule has 2 rings (SSSR count). The van der Waals surface area contributed by atoms with Crippen molar-refractivity contribution in [1.29, 1.82) is 0 Å². The second-order valence-electron chi connectivity index (χ2n) is 5.07. The number of benzene rings is 1. The molecule has 1 heterocycles. The smallest absolute Gasteiger partial charge is 0.354 e. The maximum Gasteiger partial charge on any atom is 0.354 e. The molecular formula is C15H19N3O2. The molecule has 1 aromatic carbocycles. The van der Waals surface area contributed by atoms with Crippen molar-refractivity contribution in [2.24, 2.45) is 0 Å². The van der Waals surface area contributed by atoms with Crippen molar-refractivity contribution in [3.05, 3.63) is 36.0 Å². The van der Waals surface area contributed by atoms with Crippen molar-refractivity contribution in [2.45, 2.75) is 13.0 Å². The van der Waals surface area contributed by atoms with Gasteiger partial charge in [0.1, 0.15) is 0 Å². The number of nitrogens with zero attached hydrogens (tertiary/aromatic N) is 2. The highest BCUT2D eigenvalue weighted by Gasteiger charge is 2.11. The maximum atomic E-state index is 11.1. The van der Waals surface area contributed by atoms with Gasteiger partial charge in [-0.15, -0.1) is 0 Å². The van der Waals surface area contributed by atoms with Gasteiger partial charge in [0, 0.05) is 23.7 Å². The van der Waals surface area contributed by atoms with Gasteiger partial charge in [-0.2, -0.15) is 0 Å². The topological polar surface area (TPSA) is 65.5 Å². The summed E-state index contributed by atoms with van der Waals surface area (Å²) in [5, 5.41) is 13.4. The zero-order chi connectivity index (χ0) is 14.7. The van der Waals surface area contributed by atoms with Gasteiger partial charge in [-0.3, -0.25) is 0 Å². The molecule has 0 aliphatic rings. The Morgan fingerprint density at radius 2 is 2.10 bits per heavy atom. The van der Waals surface area contributed by atoms with Gasteiger partial charge < -0.3 is 15.3 Å². The molecule has 0 amide bonds. The van der Waals surface area contributed by atoms with Gasteiger partial charge in [-0.25, -0.2) is 9.78 Å². The molecule has 5 heteroatoms. The lowest BCUT2D eigenvalue weighted by Gasteiger charge is -2.21. The van der Waals surface area contributed by atoms with E-state index in [2.05, 4.69) is 22.1 Å². The molecule has 0 saturated heterocycles. The van der Waals surface area contributed by atoms with E-state index < -0.39 is 5.97 Å². The SMILES string of the molecule is CC(CNc1cc(C(=O)O)nc2ccccc12)N(C)C. The van der Waals surface area contributed by atoms with Gasteiger partial charge in [0.05, 0.1) is 5.52 Å². The quantitative estimate of drug-likeness (QED) is 0.875. The summed E-state index contributed by atoms with van der Waals surface area (Å²) in [5.41, 5.74) is 1.55. The van der Waals surface area contributed by atoms with E-state index in [1.54, 1.807) is 6.07 Å². The fourth-order valence-electron chi connectivity index (χ4n) is 1.87. The first kappa shape index (κ1) is 14.3. The van der Waals surface area contributed by atoms with E-state index in [-0.39, 0.29) is 5.69 Å². The van der Waals surface area contributed by atoms with Crippen molar-refractivity contribution >= 4 is 22.6 Å². The first-order chi connectivity index (χ1) is 9.49. The molecule has 0 bridgehead atoms. The summed E-state index contributed by atoms with van der Waals surface area (Å²) >= 11 is 0. The summed E-state index contributed by atoms with van der Waals surface area (Å²) < 4.78 is 0. The summed E-state index contributed by atoms with van der Waals surface area (Å²) in [5.74, 6) is -1.01. The van der Waals surface area contributed by atoms with E-state index >= 15 is 0 Å². The maximum absolute atomic E-state index is 11.1. The van der Waals surface area contributed by atoms with Crippen molar-refractivity contribution < 1.29 is 9.90 Å². The highest BCUT2D eigenvalue weighted by Crippen LogP contribution is 2.23. The number of rotatable bonds is 5. The second kappa shape index (κ2) is 5.88. The Kier molecular flexibility index (Phi) is 4.20. The average Bonchev–Trinajstić information content (AvgIpc) is 2.43. The number of hydrogen-bond donors (Lipinski definition) is 2. The molecule has 0 aliphatic heterocycles. The molecule has 2 N–H and O–H groups in total. The van der Waals surface area contributed by atoms with Gasteiger partial charge >= 0.3 is 5.97 Å². The van der Waals surface area contributed by atoms with Crippen LogP contribution in [0.5, 0.6) is 0 Å². The number of likely N-dealkylation sites (N-methyl/N-ethyl adjacent to an activating group) is 1. The molecule has 20 heavy (non-hydrogen) atoms.